The van der Waals surface area contributed by atoms with Crippen LogP contribution in [-0.4, -0.2) is 21.7 Å². The molecule has 6 nitrogen and oxygen atoms in total. The van der Waals surface area contributed by atoms with E-state index < -0.39 is 17.0 Å². The second-order valence-corrected chi connectivity index (χ2v) is 8.89. The topological polar surface area (TPSA) is 74.5 Å². The van der Waals surface area contributed by atoms with Crippen LogP contribution in [0.15, 0.2) is 63.3 Å². The van der Waals surface area contributed by atoms with Crippen molar-refractivity contribution < 1.29 is 18.3 Å². The molecule has 3 heterocycles. The van der Waals surface area contributed by atoms with E-state index in [0.717, 1.165) is 10.8 Å². The number of benzene rings is 1. The summed E-state index contributed by atoms with van der Waals surface area (Å²) in [5.74, 6) is 0.524. The van der Waals surface area contributed by atoms with Crippen molar-refractivity contribution in [3.8, 4) is 17.1 Å². The van der Waals surface area contributed by atoms with Gasteiger partial charge in [0.05, 0.1) is 10.7 Å². The molecule has 0 fully saturated rings. The maximum Gasteiger partial charge on any atom is 0.336 e. The molecule has 0 radical (unpaired) electrons. The first kappa shape index (κ1) is 21.4. The Morgan fingerprint density at radius 1 is 1.18 bits per heavy atom. The maximum absolute atomic E-state index is 13.9. The summed E-state index contributed by atoms with van der Waals surface area (Å²) in [7, 11) is 0. The lowest BCUT2D eigenvalue weighted by Crippen LogP contribution is -2.46. The molecule has 0 spiro atoms. The third-order valence-corrected chi connectivity index (χ3v) is 6.08. The molecule has 3 aromatic rings. The van der Waals surface area contributed by atoms with Crippen LogP contribution in [0.25, 0.3) is 23.4 Å². The Kier molecular flexibility index (Phi) is 5.29. The van der Waals surface area contributed by atoms with E-state index in [1.165, 1.54) is 24.5 Å². The summed E-state index contributed by atoms with van der Waals surface area (Å²) in [5, 5.41) is 0.895. The van der Waals surface area contributed by atoms with Gasteiger partial charge in [-0.25, -0.2) is 19.2 Å². The van der Waals surface area contributed by atoms with Crippen molar-refractivity contribution in [1.29, 1.82) is 0 Å². The van der Waals surface area contributed by atoms with Crippen molar-refractivity contribution >= 4 is 23.8 Å². The number of fused-ring (bicyclic) bond motifs is 1. The van der Waals surface area contributed by atoms with E-state index in [2.05, 4.69) is 9.97 Å². The van der Waals surface area contributed by atoms with Crippen molar-refractivity contribution in [2.24, 2.45) is 0 Å². The number of rotatable bonds is 3. The highest BCUT2D eigenvalue weighted by Crippen LogP contribution is 2.37. The number of hydrogen-bond donors (Lipinski definition) is 0. The Morgan fingerprint density at radius 3 is 2.85 bits per heavy atom. The third kappa shape index (κ3) is 4.28. The Balaban J connectivity index is 1.43. The number of halogens is 2. The second-order valence-electron chi connectivity index (χ2n) is 8.48. The van der Waals surface area contributed by atoms with Gasteiger partial charge >= 0.3 is 5.63 Å². The summed E-state index contributed by atoms with van der Waals surface area (Å²) >= 11 is 5.79. The monoisotopic (exact) mass is 466 g/mol. The van der Waals surface area contributed by atoms with Gasteiger partial charge in [-0.15, -0.1) is 0 Å². The van der Waals surface area contributed by atoms with E-state index >= 15 is 0 Å². The van der Waals surface area contributed by atoms with Crippen LogP contribution in [0.1, 0.15) is 26.7 Å². The molecule has 8 heteroatoms. The Morgan fingerprint density at radius 2 is 2.03 bits per heavy atom. The maximum atomic E-state index is 13.9. The zero-order valence-corrected chi connectivity index (χ0v) is 18.7. The first-order chi connectivity index (χ1) is 15.8. The van der Waals surface area contributed by atoms with Crippen LogP contribution < -0.4 is 21.0 Å². The fourth-order valence-corrected chi connectivity index (χ4v) is 4.05. The van der Waals surface area contributed by atoms with Crippen LogP contribution in [0, 0.1) is 5.82 Å². The minimum Gasteiger partial charge on any atom is -0.484 e. The normalized spacial score (nSPS) is 18.7. The molecule has 1 aromatic carbocycles. The summed E-state index contributed by atoms with van der Waals surface area (Å²) in [6.07, 6.45) is 6.06. The standard InChI is InChI=1S/C25H20ClFN2O4/c1-25(2)22(10-16-4-3-14-6-8-24(30)31-20(14)12-21(16)33-25)32-23-11-19(28-13-29-23)15-5-7-17(26)18(27)9-15/h3,5-9,11-13,22H,4,10H2,1-2H3. The molecule has 1 aliphatic carbocycles. The molecule has 0 saturated heterocycles. The van der Waals surface area contributed by atoms with E-state index in [0.29, 0.717) is 41.2 Å². The van der Waals surface area contributed by atoms with Crippen LogP contribution in [0.4, 0.5) is 4.39 Å². The molecular weight excluding hydrogens is 447 g/mol. The highest BCUT2D eigenvalue weighted by molar-refractivity contribution is 6.30. The quantitative estimate of drug-likeness (QED) is 0.585. The third-order valence-electron chi connectivity index (χ3n) is 5.77. The largest absolute Gasteiger partial charge is 0.484 e. The van der Waals surface area contributed by atoms with Gasteiger partial charge in [-0.3, -0.25) is 0 Å². The smallest absolute Gasteiger partial charge is 0.336 e. The average Bonchev–Trinajstić information content (AvgIpc) is 2.94. The fourth-order valence-electron chi connectivity index (χ4n) is 3.93. The predicted molar refractivity (Wildman–Crippen MR) is 121 cm³/mol. The first-order valence-electron chi connectivity index (χ1n) is 10.5. The molecule has 0 amide bonds. The summed E-state index contributed by atoms with van der Waals surface area (Å²) in [6, 6.07) is 9.32. The van der Waals surface area contributed by atoms with Crippen LogP contribution in [0.2, 0.25) is 5.02 Å². The van der Waals surface area contributed by atoms with E-state index in [1.807, 2.05) is 19.9 Å². The molecule has 5 rings (SSSR count). The number of allylic oxidation sites excluding steroid dienone is 1. The van der Waals surface area contributed by atoms with E-state index in [4.69, 9.17) is 25.5 Å². The van der Waals surface area contributed by atoms with Crippen molar-refractivity contribution in [2.45, 2.75) is 38.4 Å². The van der Waals surface area contributed by atoms with Gasteiger partial charge in [0.25, 0.3) is 0 Å². The molecule has 1 unspecified atom stereocenters. The first-order valence-corrected chi connectivity index (χ1v) is 10.8. The van der Waals surface area contributed by atoms with Gasteiger partial charge < -0.3 is 13.9 Å². The van der Waals surface area contributed by atoms with Gasteiger partial charge in [-0.2, -0.15) is 0 Å². The Labute approximate surface area is 193 Å². The minimum atomic E-state index is -0.688. The SMILES string of the molecule is CC1(C)OC2=C(CC=c3ccc(=O)oc3=C2)CC1Oc1cc(-c2ccc(Cl)c(F)c2)ncn1. The molecule has 0 N–H and O–H groups in total. The van der Waals surface area contributed by atoms with Gasteiger partial charge in [0.15, 0.2) is 0 Å². The molecule has 1 atom stereocenters. The zero-order valence-electron chi connectivity index (χ0n) is 18.0. The van der Waals surface area contributed by atoms with Crippen LogP contribution in [0.5, 0.6) is 5.88 Å². The Bertz CT molecular complexity index is 1460. The van der Waals surface area contributed by atoms with Gasteiger partial charge in [0.1, 0.15) is 35.0 Å². The number of aromatic nitrogens is 2. The zero-order chi connectivity index (χ0) is 23.2. The van der Waals surface area contributed by atoms with E-state index in [-0.39, 0.29) is 11.1 Å². The van der Waals surface area contributed by atoms with Crippen molar-refractivity contribution in [3.63, 3.8) is 0 Å². The minimum absolute atomic E-state index is 0.0490. The molecule has 168 valence electrons. The molecule has 2 aromatic heterocycles. The molecule has 0 saturated carbocycles. The summed E-state index contributed by atoms with van der Waals surface area (Å²) in [5.41, 5.74) is 1.52. The number of nitrogens with zero attached hydrogens (tertiary/aromatic N) is 2. The van der Waals surface area contributed by atoms with E-state index in [1.54, 1.807) is 24.3 Å². The predicted octanol–water partition coefficient (Wildman–Crippen LogP) is 3.75. The van der Waals surface area contributed by atoms with Crippen LogP contribution in [0.3, 0.4) is 0 Å². The molecule has 33 heavy (non-hydrogen) atoms. The molecule has 2 aliphatic rings. The van der Waals surface area contributed by atoms with Gasteiger partial charge in [0.2, 0.25) is 5.88 Å². The van der Waals surface area contributed by atoms with Gasteiger partial charge in [-0.05, 0) is 44.0 Å². The number of ether oxygens (including phenoxy) is 2. The van der Waals surface area contributed by atoms with Gasteiger partial charge in [0, 0.05) is 35.4 Å². The fraction of sp³-hybridized carbons (Fsp3) is 0.240. The molecular formula is C25H20ClFN2O4. The van der Waals surface area contributed by atoms with E-state index in [9.17, 15) is 9.18 Å². The Hall–Kier alpha value is -3.45. The van der Waals surface area contributed by atoms with Crippen molar-refractivity contribution in [2.75, 3.05) is 0 Å². The lowest BCUT2D eigenvalue weighted by molar-refractivity contribution is -0.0669. The lowest BCUT2D eigenvalue weighted by Gasteiger charge is -2.39. The summed E-state index contributed by atoms with van der Waals surface area (Å²) < 4.78 is 31.8. The van der Waals surface area contributed by atoms with Crippen LogP contribution in [-0.2, 0) is 4.74 Å². The van der Waals surface area contributed by atoms with Crippen molar-refractivity contribution in [1.82, 2.24) is 9.97 Å². The molecule has 0 bridgehead atoms. The summed E-state index contributed by atoms with van der Waals surface area (Å²) in [4.78, 5) is 20.1. The van der Waals surface area contributed by atoms with Crippen LogP contribution >= 0.6 is 11.6 Å². The summed E-state index contributed by atoms with van der Waals surface area (Å²) in [6.45, 7) is 3.87. The van der Waals surface area contributed by atoms with Crippen molar-refractivity contribution in [3.05, 3.63) is 86.0 Å². The highest BCUT2D eigenvalue weighted by atomic mass is 35.5. The molecule has 1 aliphatic heterocycles. The lowest BCUT2D eigenvalue weighted by atomic mass is 9.89. The average molecular weight is 467 g/mol. The number of hydrogen-bond acceptors (Lipinski definition) is 6. The highest BCUT2D eigenvalue weighted by Gasteiger charge is 2.40. The van der Waals surface area contributed by atoms with Gasteiger partial charge in [-0.1, -0.05) is 23.7 Å². The second kappa shape index (κ2) is 8.15.